The summed E-state index contributed by atoms with van der Waals surface area (Å²) in [5, 5.41) is 3.59. The third-order valence-corrected chi connectivity index (χ3v) is 4.76. The molecular weight excluding hydrogens is 326 g/mol. The summed E-state index contributed by atoms with van der Waals surface area (Å²) in [6.45, 7) is 2.45. The van der Waals surface area contributed by atoms with Gasteiger partial charge in [0, 0.05) is 26.0 Å². The lowest BCUT2D eigenvalue weighted by atomic mass is 10.1. The molecular formula is C17H23N3O3S. The van der Waals surface area contributed by atoms with E-state index >= 15 is 0 Å². The van der Waals surface area contributed by atoms with Crippen LogP contribution in [0.4, 0.5) is 0 Å². The number of amides is 1. The van der Waals surface area contributed by atoms with Crippen molar-refractivity contribution in [1.29, 1.82) is 0 Å². The SMILES string of the molecule is COc1ccc(CCNC(=O)C(C)Sc2nccn2C)cc1OC. The second-order valence-electron chi connectivity index (χ2n) is 5.31. The van der Waals surface area contributed by atoms with E-state index in [4.69, 9.17) is 9.47 Å². The van der Waals surface area contributed by atoms with Gasteiger partial charge in [0.05, 0.1) is 19.5 Å². The number of hydrogen-bond donors (Lipinski definition) is 1. The van der Waals surface area contributed by atoms with Gasteiger partial charge >= 0.3 is 0 Å². The van der Waals surface area contributed by atoms with Crippen LogP contribution in [0.15, 0.2) is 35.7 Å². The van der Waals surface area contributed by atoms with E-state index in [1.54, 1.807) is 20.4 Å². The Bertz CT molecular complexity index is 687. The minimum atomic E-state index is -0.198. The zero-order chi connectivity index (χ0) is 17.5. The molecule has 1 amide bonds. The number of ether oxygens (including phenoxy) is 2. The molecule has 1 atom stereocenters. The highest BCUT2D eigenvalue weighted by Crippen LogP contribution is 2.27. The second-order valence-corrected chi connectivity index (χ2v) is 6.62. The van der Waals surface area contributed by atoms with E-state index in [1.807, 2.05) is 42.9 Å². The number of methoxy groups -OCH3 is 2. The summed E-state index contributed by atoms with van der Waals surface area (Å²) in [5.74, 6) is 1.40. The molecule has 2 rings (SSSR count). The monoisotopic (exact) mass is 349 g/mol. The minimum Gasteiger partial charge on any atom is -0.493 e. The van der Waals surface area contributed by atoms with Gasteiger partial charge in [-0.05, 0) is 31.0 Å². The first kappa shape index (κ1) is 18.2. The number of hydrogen-bond acceptors (Lipinski definition) is 5. The first-order chi connectivity index (χ1) is 11.5. The lowest BCUT2D eigenvalue weighted by Gasteiger charge is -2.12. The van der Waals surface area contributed by atoms with Gasteiger partial charge in [0.15, 0.2) is 16.7 Å². The van der Waals surface area contributed by atoms with E-state index in [2.05, 4.69) is 10.3 Å². The van der Waals surface area contributed by atoms with E-state index in [0.29, 0.717) is 18.0 Å². The molecule has 1 aromatic heterocycles. The van der Waals surface area contributed by atoms with Crippen LogP contribution in [0.5, 0.6) is 11.5 Å². The van der Waals surface area contributed by atoms with Crippen LogP contribution < -0.4 is 14.8 Å². The fraction of sp³-hybridized carbons (Fsp3) is 0.412. The third kappa shape index (κ3) is 4.67. The zero-order valence-corrected chi connectivity index (χ0v) is 15.2. The Labute approximate surface area is 146 Å². The summed E-state index contributed by atoms with van der Waals surface area (Å²) in [4.78, 5) is 16.4. The maximum absolute atomic E-state index is 12.2. The summed E-state index contributed by atoms with van der Waals surface area (Å²) >= 11 is 1.45. The van der Waals surface area contributed by atoms with Gasteiger partial charge in [-0.25, -0.2) is 4.98 Å². The van der Waals surface area contributed by atoms with Crippen molar-refractivity contribution in [3.8, 4) is 11.5 Å². The summed E-state index contributed by atoms with van der Waals surface area (Å²) in [6, 6.07) is 5.77. The van der Waals surface area contributed by atoms with Gasteiger partial charge in [0.1, 0.15) is 0 Å². The molecule has 0 aliphatic rings. The number of aromatic nitrogens is 2. The molecule has 1 heterocycles. The molecule has 1 N–H and O–H groups in total. The maximum atomic E-state index is 12.2. The Kier molecular flexibility index (Phi) is 6.54. The summed E-state index contributed by atoms with van der Waals surface area (Å²) < 4.78 is 12.4. The predicted octanol–water partition coefficient (Wildman–Crippen LogP) is 2.28. The average Bonchev–Trinajstić information content (AvgIpc) is 2.99. The highest BCUT2D eigenvalue weighted by molar-refractivity contribution is 8.00. The fourth-order valence-corrected chi connectivity index (χ4v) is 3.04. The number of rotatable bonds is 8. The highest BCUT2D eigenvalue weighted by Gasteiger charge is 2.16. The van der Waals surface area contributed by atoms with Crippen molar-refractivity contribution in [3.05, 3.63) is 36.2 Å². The standard InChI is InChI=1S/C17H23N3O3S/c1-12(24-17-19-9-10-20(17)2)16(21)18-8-7-13-5-6-14(22-3)15(11-13)23-4/h5-6,9-12H,7-8H2,1-4H3,(H,18,21). The zero-order valence-electron chi connectivity index (χ0n) is 14.4. The van der Waals surface area contributed by atoms with E-state index < -0.39 is 0 Å². The Morgan fingerprint density at radius 2 is 2.08 bits per heavy atom. The van der Waals surface area contributed by atoms with Crippen LogP contribution >= 0.6 is 11.8 Å². The normalized spacial score (nSPS) is 11.8. The van der Waals surface area contributed by atoms with Crippen LogP contribution in [-0.2, 0) is 18.3 Å². The summed E-state index contributed by atoms with van der Waals surface area (Å²) in [5.41, 5.74) is 1.08. The van der Waals surface area contributed by atoms with E-state index in [-0.39, 0.29) is 11.2 Å². The van der Waals surface area contributed by atoms with Crippen LogP contribution in [-0.4, -0.2) is 41.5 Å². The molecule has 7 heteroatoms. The van der Waals surface area contributed by atoms with Crippen molar-refractivity contribution in [3.63, 3.8) is 0 Å². The van der Waals surface area contributed by atoms with Gasteiger partial charge in [-0.2, -0.15) is 0 Å². The third-order valence-electron chi connectivity index (χ3n) is 3.59. The number of thioether (sulfide) groups is 1. The van der Waals surface area contributed by atoms with Crippen LogP contribution in [0.3, 0.4) is 0 Å². The fourth-order valence-electron chi connectivity index (χ4n) is 2.19. The first-order valence-electron chi connectivity index (χ1n) is 7.67. The molecule has 0 aliphatic carbocycles. The van der Waals surface area contributed by atoms with Gasteiger partial charge in [-0.15, -0.1) is 0 Å². The Hall–Kier alpha value is -2.15. The molecule has 0 saturated heterocycles. The summed E-state index contributed by atoms with van der Waals surface area (Å²) in [7, 11) is 5.13. The Morgan fingerprint density at radius 1 is 1.33 bits per heavy atom. The first-order valence-corrected chi connectivity index (χ1v) is 8.55. The number of nitrogens with zero attached hydrogens (tertiary/aromatic N) is 2. The van der Waals surface area contributed by atoms with Gasteiger partial charge in [-0.1, -0.05) is 17.8 Å². The van der Waals surface area contributed by atoms with Crippen molar-refractivity contribution in [2.45, 2.75) is 23.8 Å². The molecule has 0 bridgehead atoms. The topological polar surface area (TPSA) is 65.4 Å². The quantitative estimate of drug-likeness (QED) is 0.741. The molecule has 0 fully saturated rings. The Balaban J connectivity index is 1.83. The number of aryl methyl sites for hydroxylation is 1. The number of carbonyl (C=O) groups excluding carboxylic acids is 1. The number of nitrogens with one attached hydrogen (secondary N) is 1. The largest absolute Gasteiger partial charge is 0.493 e. The summed E-state index contributed by atoms with van der Waals surface area (Å²) in [6.07, 6.45) is 4.32. The van der Waals surface area contributed by atoms with Crippen molar-refractivity contribution in [1.82, 2.24) is 14.9 Å². The molecule has 0 saturated carbocycles. The van der Waals surface area contributed by atoms with Gasteiger partial charge in [0.2, 0.25) is 5.91 Å². The second kappa shape index (κ2) is 8.63. The van der Waals surface area contributed by atoms with Crippen LogP contribution in [0.2, 0.25) is 0 Å². The van der Waals surface area contributed by atoms with Crippen LogP contribution in [0, 0.1) is 0 Å². The van der Waals surface area contributed by atoms with E-state index in [9.17, 15) is 4.79 Å². The molecule has 0 radical (unpaired) electrons. The molecule has 1 aromatic carbocycles. The lowest BCUT2D eigenvalue weighted by molar-refractivity contribution is -0.120. The maximum Gasteiger partial charge on any atom is 0.233 e. The van der Waals surface area contributed by atoms with Gasteiger partial charge < -0.3 is 19.4 Å². The predicted molar refractivity (Wildman–Crippen MR) is 94.8 cm³/mol. The average molecular weight is 349 g/mol. The molecule has 6 nitrogen and oxygen atoms in total. The lowest BCUT2D eigenvalue weighted by Crippen LogP contribution is -2.32. The van der Waals surface area contributed by atoms with Crippen molar-refractivity contribution in [2.75, 3.05) is 20.8 Å². The molecule has 24 heavy (non-hydrogen) atoms. The minimum absolute atomic E-state index is 0.00322. The highest BCUT2D eigenvalue weighted by atomic mass is 32.2. The van der Waals surface area contributed by atoms with E-state index in [1.165, 1.54) is 11.8 Å². The number of imidazole rings is 1. The van der Waals surface area contributed by atoms with Crippen molar-refractivity contribution in [2.24, 2.45) is 7.05 Å². The van der Waals surface area contributed by atoms with E-state index in [0.717, 1.165) is 17.1 Å². The molecule has 130 valence electrons. The molecule has 0 aliphatic heterocycles. The van der Waals surface area contributed by atoms with Gasteiger partial charge in [0.25, 0.3) is 0 Å². The van der Waals surface area contributed by atoms with Gasteiger partial charge in [-0.3, -0.25) is 4.79 Å². The van der Waals surface area contributed by atoms with Crippen LogP contribution in [0.1, 0.15) is 12.5 Å². The molecule has 1 unspecified atom stereocenters. The van der Waals surface area contributed by atoms with Crippen LogP contribution in [0.25, 0.3) is 0 Å². The number of benzene rings is 1. The molecule has 0 spiro atoms. The smallest absolute Gasteiger partial charge is 0.233 e. The number of carbonyl (C=O) groups is 1. The van der Waals surface area contributed by atoms with Crippen molar-refractivity contribution < 1.29 is 14.3 Å². The van der Waals surface area contributed by atoms with Crippen molar-refractivity contribution >= 4 is 17.7 Å². The Morgan fingerprint density at radius 3 is 2.71 bits per heavy atom. The molecule has 2 aromatic rings.